The Morgan fingerprint density at radius 1 is 1.40 bits per heavy atom. The fraction of sp³-hybridized carbons (Fsp3) is 0.526. The third kappa shape index (κ3) is 2.47. The highest BCUT2D eigenvalue weighted by atomic mass is 16.6. The molecule has 6 heteroatoms. The first-order chi connectivity index (χ1) is 11.6. The van der Waals surface area contributed by atoms with Gasteiger partial charge in [0.15, 0.2) is 5.78 Å². The van der Waals surface area contributed by atoms with Crippen molar-refractivity contribution >= 4 is 17.7 Å². The van der Waals surface area contributed by atoms with Crippen LogP contribution in [0.2, 0.25) is 0 Å². The minimum absolute atomic E-state index is 0.114. The molecule has 134 valence electrons. The van der Waals surface area contributed by atoms with Crippen molar-refractivity contribution in [3.05, 3.63) is 34.9 Å². The molecule has 3 aliphatic rings. The van der Waals surface area contributed by atoms with Crippen LogP contribution >= 0.6 is 0 Å². The van der Waals surface area contributed by atoms with Gasteiger partial charge in [-0.25, -0.2) is 9.59 Å². The van der Waals surface area contributed by atoms with Crippen molar-refractivity contribution in [2.24, 2.45) is 11.8 Å². The molecule has 1 N–H and O–H groups in total. The maximum absolute atomic E-state index is 12.6. The quantitative estimate of drug-likeness (QED) is 0.604. The fourth-order valence-corrected chi connectivity index (χ4v) is 4.22. The summed E-state index contributed by atoms with van der Waals surface area (Å²) in [5.74, 6) is -2.71. The summed E-state index contributed by atoms with van der Waals surface area (Å²) >= 11 is 0. The number of carbonyl (C=O) groups is 3. The van der Waals surface area contributed by atoms with Crippen molar-refractivity contribution in [3.63, 3.8) is 0 Å². The molecule has 3 rings (SSSR count). The van der Waals surface area contributed by atoms with E-state index in [0.29, 0.717) is 5.57 Å². The van der Waals surface area contributed by atoms with Gasteiger partial charge in [-0.1, -0.05) is 17.7 Å². The van der Waals surface area contributed by atoms with Gasteiger partial charge in [-0.2, -0.15) is 0 Å². The Morgan fingerprint density at radius 3 is 2.64 bits per heavy atom. The van der Waals surface area contributed by atoms with E-state index in [0.717, 1.165) is 11.1 Å². The van der Waals surface area contributed by atoms with Crippen LogP contribution in [0.4, 0.5) is 0 Å². The van der Waals surface area contributed by atoms with Gasteiger partial charge < -0.3 is 14.6 Å². The molecule has 2 aliphatic carbocycles. The average Bonchev–Trinajstić information content (AvgIpc) is 2.87. The van der Waals surface area contributed by atoms with E-state index in [1.54, 1.807) is 19.9 Å². The maximum atomic E-state index is 12.6. The van der Waals surface area contributed by atoms with Gasteiger partial charge in [0.25, 0.3) is 0 Å². The fourth-order valence-electron chi connectivity index (χ4n) is 4.22. The van der Waals surface area contributed by atoms with E-state index < -0.39 is 41.6 Å². The summed E-state index contributed by atoms with van der Waals surface area (Å²) in [4.78, 5) is 36.9. The Hall–Kier alpha value is -2.21. The van der Waals surface area contributed by atoms with E-state index in [1.807, 2.05) is 0 Å². The molecule has 1 aliphatic heterocycles. The summed E-state index contributed by atoms with van der Waals surface area (Å²) in [5.41, 5.74) is 0.665. The lowest BCUT2D eigenvalue weighted by Crippen LogP contribution is -2.49. The van der Waals surface area contributed by atoms with Crippen molar-refractivity contribution in [2.45, 2.75) is 51.9 Å². The molecule has 6 nitrogen and oxygen atoms in total. The standard InChI is InChI=1S/C19H22O6/c1-8(2)17(22)25-19(5)15-12(21)7-9(3)13-11(20)6-10(4)14(13)16(15)24-18(19)23/h6,12,14-16,21H,1,7H2,2-5H3/t12-,14+,15+,16-,19-/m0/s1. The molecule has 5 atom stereocenters. The number of aliphatic hydroxyl groups excluding tert-OH is 1. The van der Waals surface area contributed by atoms with Crippen molar-refractivity contribution in [1.29, 1.82) is 0 Å². The molecule has 25 heavy (non-hydrogen) atoms. The second-order valence-electron chi connectivity index (χ2n) is 7.37. The molecule has 1 saturated heterocycles. The summed E-state index contributed by atoms with van der Waals surface area (Å²) in [5, 5.41) is 10.8. The topological polar surface area (TPSA) is 89.9 Å². The number of fused-ring (bicyclic) bond motifs is 3. The summed E-state index contributed by atoms with van der Waals surface area (Å²) in [6, 6.07) is 0. The molecule has 0 spiro atoms. The number of aliphatic hydroxyl groups is 1. The second-order valence-corrected chi connectivity index (χ2v) is 7.37. The zero-order chi connectivity index (χ0) is 18.7. The molecular formula is C19H22O6. The molecule has 0 radical (unpaired) electrons. The first kappa shape index (κ1) is 17.6. The monoisotopic (exact) mass is 346 g/mol. The minimum atomic E-state index is -1.62. The molecule has 0 amide bonds. The molecule has 0 aromatic heterocycles. The van der Waals surface area contributed by atoms with Crippen LogP contribution in [-0.4, -0.2) is 40.6 Å². The predicted octanol–water partition coefficient (Wildman–Crippen LogP) is 1.63. The molecule has 0 aromatic rings. The summed E-state index contributed by atoms with van der Waals surface area (Å²) < 4.78 is 11.0. The third-order valence-corrected chi connectivity index (χ3v) is 5.44. The van der Waals surface area contributed by atoms with Gasteiger partial charge in [0, 0.05) is 17.1 Å². The third-order valence-electron chi connectivity index (χ3n) is 5.44. The maximum Gasteiger partial charge on any atom is 0.351 e. The molecular weight excluding hydrogens is 324 g/mol. The Balaban J connectivity index is 2.07. The minimum Gasteiger partial charge on any atom is -0.458 e. The molecule has 0 saturated carbocycles. The highest BCUT2D eigenvalue weighted by Crippen LogP contribution is 2.50. The van der Waals surface area contributed by atoms with Crippen molar-refractivity contribution in [2.75, 3.05) is 0 Å². The van der Waals surface area contributed by atoms with Crippen LogP contribution < -0.4 is 0 Å². The molecule has 0 aromatic carbocycles. The van der Waals surface area contributed by atoms with Crippen LogP contribution in [0.5, 0.6) is 0 Å². The van der Waals surface area contributed by atoms with E-state index >= 15 is 0 Å². The smallest absolute Gasteiger partial charge is 0.351 e. The SMILES string of the molecule is C=C(C)C(=O)O[C@]1(C)C(=O)O[C@H]2[C@@H]3C(C)=CC(=O)C3=C(C)C[C@H](O)[C@H]21. The van der Waals surface area contributed by atoms with Crippen molar-refractivity contribution in [1.82, 2.24) is 0 Å². The van der Waals surface area contributed by atoms with Gasteiger partial charge in [-0.3, -0.25) is 4.79 Å². The van der Waals surface area contributed by atoms with E-state index in [4.69, 9.17) is 9.47 Å². The Labute approximate surface area is 146 Å². The van der Waals surface area contributed by atoms with Crippen LogP contribution in [0.1, 0.15) is 34.1 Å². The summed E-state index contributed by atoms with van der Waals surface area (Å²) in [7, 11) is 0. The number of carbonyl (C=O) groups excluding carboxylic acids is 3. The number of esters is 2. The number of ketones is 1. The van der Waals surface area contributed by atoms with Gasteiger partial charge in [-0.05, 0) is 40.2 Å². The lowest BCUT2D eigenvalue weighted by molar-refractivity contribution is -0.173. The van der Waals surface area contributed by atoms with E-state index in [2.05, 4.69) is 6.58 Å². The van der Waals surface area contributed by atoms with Crippen molar-refractivity contribution < 1.29 is 29.0 Å². The first-order valence-corrected chi connectivity index (χ1v) is 8.28. The number of hydrogen-bond donors (Lipinski definition) is 1. The Bertz CT molecular complexity index is 758. The van der Waals surface area contributed by atoms with Crippen molar-refractivity contribution in [3.8, 4) is 0 Å². The zero-order valence-electron chi connectivity index (χ0n) is 14.8. The molecule has 0 unspecified atom stereocenters. The van der Waals surface area contributed by atoms with Crippen LogP contribution in [-0.2, 0) is 23.9 Å². The summed E-state index contributed by atoms with van der Waals surface area (Å²) in [6.07, 6.45) is 0.0388. The van der Waals surface area contributed by atoms with Gasteiger partial charge in [0.05, 0.1) is 12.0 Å². The van der Waals surface area contributed by atoms with Gasteiger partial charge >= 0.3 is 11.9 Å². The molecule has 0 bridgehead atoms. The van der Waals surface area contributed by atoms with E-state index in [-0.39, 0.29) is 17.8 Å². The average molecular weight is 346 g/mol. The first-order valence-electron chi connectivity index (χ1n) is 8.28. The number of hydrogen-bond acceptors (Lipinski definition) is 6. The Kier molecular flexibility index (Phi) is 3.99. The van der Waals surface area contributed by atoms with Crippen LogP contribution in [0.3, 0.4) is 0 Å². The van der Waals surface area contributed by atoms with E-state index in [1.165, 1.54) is 13.8 Å². The lowest BCUT2D eigenvalue weighted by atomic mass is 9.77. The van der Waals surface area contributed by atoms with E-state index in [9.17, 15) is 19.5 Å². The van der Waals surface area contributed by atoms with Gasteiger partial charge in [-0.15, -0.1) is 0 Å². The zero-order valence-corrected chi connectivity index (χ0v) is 14.8. The molecule has 1 heterocycles. The number of allylic oxidation sites excluding steroid dienone is 1. The largest absolute Gasteiger partial charge is 0.458 e. The second kappa shape index (κ2) is 5.66. The highest BCUT2D eigenvalue weighted by molar-refractivity contribution is 6.09. The van der Waals surface area contributed by atoms with Crippen LogP contribution in [0, 0.1) is 11.8 Å². The Morgan fingerprint density at radius 2 is 2.04 bits per heavy atom. The lowest BCUT2D eigenvalue weighted by Gasteiger charge is -2.32. The van der Waals surface area contributed by atoms with Crippen LogP contribution in [0.15, 0.2) is 34.9 Å². The normalized spacial score (nSPS) is 37.1. The van der Waals surface area contributed by atoms with Gasteiger partial charge in [0.1, 0.15) is 6.10 Å². The number of rotatable bonds is 2. The predicted molar refractivity (Wildman–Crippen MR) is 88.3 cm³/mol. The highest BCUT2D eigenvalue weighted by Gasteiger charge is 2.64. The molecule has 1 fully saturated rings. The van der Waals surface area contributed by atoms with Gasteiger partial charge in [0.2, 0.25) is 5.60 Å². The van der Waals surface area contributed by atoms with Crippen LogP contribution in [0.25, 0.3) is 0 Å². The number of ether oxygens (including phenoxy) is 2. The summed E-state index contributed by atoms with van der Waals surface area (Å²) in [6.45, 7) is 10.1.